The third kappa shape index (κ3) is 5.20. The number of nitrogens with zero attached hydrogens (tertiary/aromatic N) is 2. The molecule has 1 aromatic heterocycles. The van der Waals surface area contributed by atoms with Gasteiger partial charge in [-0.2, -0.15) is 5.10 Å². The molecular formula is C23H23N3O4. The minimum absolute atomic E-state index is 0.0741. The van der Waals surface area contributed by atoms with Gasteiger partial charge in [-0.25, -0.2) is 9.48 Å². The molecule has 0 radical (unpaired) electrons. The van der Waals surface area contributed by atoms with Crippen LogP contribution < -0.4 is 5.32 Å². The van der Waals surface area contributed by atoms with Crippen LogP contribution in [0.5, 0.6) is 0 Å². The van der Waals surface area contributed by atoms with Crippen molar-refractivity contribution >= 4 is 23.3 Å². The van der Waals surface area contributed by atoms with Gasteiger partial charge in [0, 0.05) is 23.9 Å². The van der Waals surface area contributed by atoms with E-state index in [1.54, 1.807) is 35.1 Å². The number of carbonyl (C=O) groups excluding carboxylic acids is 3. The predicted octanol–water partition coefficient (Wildman–Crippen LogP) is 4.04. The van der Waals surface area contributed by atoms with E-state index in [1.165, 1.54) is 13.1 Å². The van der Waals surface area contributed by atoms with E-state index in [4.69, 9.17) is 4.74 Å². The number of anilines is 1. The molecule has 2 aromatic carbocycles. The van der Waals surface area contributed by atoms with E-state index in [1.807, 2.05) is 37.3 Å². The van der Waals surface area contributed by atoms with Crippen molar-refractivity contribution in [2.75, 3.05) is 5.32 Å². The summed E-state index contributed by atoms with van der Waals surface area (Å²) in [5, 5.41) is 6.92. The first-order valence-corrected chi connectivity index (χ1v) is 9.73. The Bertz CT molecular complexity index is 1030. The lowest BCUT2D eigenvalue weighted by Crippen LogP contribution is -2.24. The quantitative estimate of drug-likeness (QED) is 0.451. The molecule has 30 heavy (non-hydrogen) atoms. The van der Waals surface area contributed by atoms with E-state index in [2.05, 4.69) is 10.4 Å². The molecule has 3 aromatic rings. The molecule has 0 saturated carbocycles. The molecule has 1 atom stereocenters. The average Bonchev–Trinajstić information content (AvgIpc) is 3.25. The zero-order valence-electron chi connectivity index (χ0n) is 16.9. The number of hydrogen-bond acceptors (Lipinski definition) is 5. The van der Waals surface area contributed by atoms with Gasteiger partial charge in [0.1, 0.15) is 0 Å². The summed E-state index contributed by atoms with van der Waals surface area (Å²) in [7, 11) is 0. The molecule has 3 rings (SSSR count). The molecule has 0 saturated heterocycles. The minimum atomic E-state index is -0.960. The van der Waals surface area contributed by atoms with Crippen molar-refractivity contribution in [3.05, 3.63) is 78.1 Å². The Morgan fingerprint density at radius 3 is 2.40 bits per heavy atom. The van der Waals surface area contributed by atoms with Crippen LogP contribution in [0.2, 0.25) is 0 Å². The highest BCUT2D eigenvalue weighted by molar-refractivity contribution is 6.02. The molecule has 1 N–H and O–H groups in total. The molecule has 0 aliphatic rings. The van der Waals surface area contributed by atoms with Gasteiger partial charge in [0.05, 0.1) is 17.4 Å². The number of rotatable bonds is 8. The molecule has 0 spiro atoms. The van der Waals surface area contributed by atoms with Gasteiger partial charge in [-0.1, -0.05) is 25.1 Å². The fraction of sp³-hybridized carbons (Fsp3) is 0.217. The number of para-hydroxylation sites is 1. The summed E-state index contributed by atoms with van der Waals surface area (Å²) in [4.78, 5) is 36.6. The molecule has 1 heterocycles. The summed E-state index contributed by atoms with van der Waals surface area (Å²) in [5.41, 5.74) is 2.08. The third-order valence-electron chi connectivity index (χ3n) is 4.42. The summed E-state index contributed by atoms with van der Waals surface area (Å²) < 4.78 is 6.88. The SMILES string of the molecule is CCCC(=O)Nc1ccc(C(=O)C(C)OC(=O)c2cnn(-c3ccccc3)c2)cc1. The second-order valence-corrected chi connectivity index (χ2v) is 6.80. The number of Topliss-reactive ketones (excluding diaryl/α,β-unsaturated/α-hetero) is 1. The summed E-state index contributed by atoms with van der Waals surface area (Å²) >= 11 is 0. The minimum Gasteiger partial charge on any atom is -0.451 e. The molecule has 0 fully saturated rings. The smallest absolute Gasteiger partial charge is 0.342 e. The van der Waals surface area contributed by atoms with Gasteiger partial charge in [-0.05, 0) is 49.7 Å². The van der Waals surface area contributed by atoms with Gasteiger partial charge in [-0.15, -0.1) is 0 Å². The highest BCUT2D eigenvalue weighted by Gasteiger charge is 2.21. The lowest BCUT2D eigenvalue weighted by atomic mass is 10.1. The van der Waals surface area contributed by atoms with Crippen LogP contribution in [0, 0.1) is 0 Å². The number of hydrogen-bond donors (Lipinski definition) is 1. The largest absolute Gasteiger partial charge is 0.451 e. The molecule has 154 valence electrons. The normalized spacial score (nSPS) is 11.5. The molecule has 1 amide bonds. The molecule has 7 heteroatoms. The molecule has 7 nitrogen and oxygen atoms in total. The van der Waals surface area contributed by atoms with Crippen LogP contribution in [-0.4, -0.2) is 33.5 Å². The Morgan fingerprint density at radius 1 is 1.03 bits per heavy atom. The van der Waals surface area contributed by atoms with Gasteiger partial charge in [-0.3, -0.25) is 9.59 Å². The number of amides is 1. The maximum atomic E-state index is 12.6. The zero-order chi connectivity index (χ0) is 21.5. The fourth-order valence-corrected chi connectivity index (χ4v) is 2.84. The van der Waals surface area contributed by atoms with Crippen LogP contribution in [0.1, 0.15) is 47.4 Å². The molecule has 0 bridgehead atoms. The maximum Gasteiger partial charge on any atom is 0.342 e. The van der Waals surface area contributed by atoms with Crippen LogP contribution in [0.25, 0.3) is 5.69 Å². The fourth-order valence-electron chi connectivity index (χ4n) is 2.84. The first-order chi connectivity index (χ1) is 14.5. The standard InChI is InChI=1S/C23H23N3O4/c1-3-7-21(27)25-19-12-10-17(11-13-19)22(28)16(2)30-23(29)18-14-24-26(15-18)20-8-5-4-6-9-20/h4-6,8-16H,3,7H2,1-2H3,(H,25,27). The Kier molecular flexibility index (Phi) is 6.75. The van der Waals surface area contributed by atoms with E-state index in [0.29, 0.717) is 17.7 Å². The van der Waals surface area contributed by atoms with Crippen molar-refractivity contribution in [2.45, 2.75) is 32.8 Å². The lowest BCUT2D eigenvalue weighted by molar-refractivity contribution is -0.116. The average molecular weight is 405 g/mol. The van der Waals surface area contributed by atoms with E-state index in [-0.39, 0.29) is 17.3 Å². The second-order valence-electron chi connectivity index (χ2n) is 6.80. The molecule has 0 aliphatic heterocycles. The van der Waals surface area contributed by atoms with Crippen molar-refractivity contribution < 1.29 is 19.1 Å². The monoisotopic (exact) mass is 405 g/mol. The van der Waals surface area contributed by atoms with Crippen molar-refractivity contribution in [3.63, 3.8) is 0 Å². The number of ketones is 1. The number of carbonyl (C=O) groups is 3. The van der Waals surface area contributed by atoms with Gasteiger partial charge in [0.2, 0.25) is 11.7 Å². The van der Waals surface area contributed by atoms with Crippen molar-refractivity contribution in [1.29, 1.82) is 0 Å². The zero-order valence-corrected chi connectivity index (χ0v) is 16.9. The number of aromatic nitrogens is 2. The first-order valence-electron chi connectivity index (χ1n) is 9.73. The van der Waals surface area contributed by atoms with E-state index < -0.39 is 12.1 Å². The van der Waals surface area contributed by atoms with E-state index in [0.717, 1.165) is 12.1 Å². The Balaban J connectivity index is 1.60. The van der Waals surface area contributed by atoms with E-state index >= 15 is 0 Å². The molecule has 0 aliphatic carbocycles. The van der Waals surface area contributed by atoms with Gasteiger partial charge in [0.25, 0.3) is 0 Å². The van der Waals surface area contributed by atoms with E-state index in [9.17, 15) is 14.4 Å². The Morgan fingerprint density at radius 2 is 1.73 bits per heavy atom. The second kappa shape index (κ2) is 9.65. The summed E-state index contributed by atoms with van der Waals surface area (Å²) in [6.07, 6.45) is 3.20. The Hall–Kier alpha value is -3.74. The highest BCUT2D eigenvalue weighted by Crippen LogP contribution is 2.15. The number of benzene rings is 2. The van der Waals surface area contributed by atoms with Crippen LogP contribution >= 0.6 is 0 Å². The Labute approximate surface area is 174 Å². The summed E-state index contributed by atoms with van der Waals surface area (Å²) in [6.45, 7) is 3.45. The summed E-state index contributed by atoms with van der Waals surface area (Å²) in [6, 6.07) is 15.9. The number of ether oxygens (including phenoxy) is 1. The van der Waals surface area contributed by atoms with Crippen LogP contribution in [0.3, 0.4) is 0 Å². The van der Waals surface area contributed by atoms with Crippen LogP contribution in [0.15, 0.2) is 67.0 Å². The van der Waals surface area contributed by atoms with Crippen molar-refractivity contribution in [3.8, 4) is 5.69 Å². The van der Waals surface area contributed by atoms with Gasteiger partial charge in [0.15, 0.2) is 6.10 Å². The third-order valence-corrected chi connectivity index (χ3v) is 4.42. The van der Waals surface area contributed by atoms with Crippen LogP contribution in [0.4, 0.5) is 5.69 Å². The maximum absolute atomic E-state index is 12.6. The predicted molar refractivity (Wildman–Crippen MR) is 113 cm³/mol. The number of esters is 1. The van der Waals surface area contributed by atoms with Gasteiger partial charge >= 0.3 is 5.97 Å². The van der Waals surface area contributed by atoms with Crippen LogP contribution in [-0.2, 0) is 9.53 Å². The van der Waals surface area contributed by atoms with Gasteiger partial charge < -0.3 is 10.1 Å². The van der Waals surface area contributed by atoms with Crippen molar-refractivity contribution in [1.82, 2.24) is 9.78 Å². The highest BCUT2D eigenvalue weighted by atomic mass is 16.5. The molecular weight excluding hydrogens is 382 g/mol. The first kappa shape index (κ1) is 21.0. The lowest BCUT2D eigenvalue weighted by Gasteiger charge is -2.12. The summed E-state index contributed by atoms with van der Waals surface area (Å²) in [5.74, 6) is -1.03. The number of nitrogens with one attached hydrogen (secondary N) is 1. The molecule has 1 unspecified atom stereocenters. The topological polar surface area (TPSA) is 90.3 Å². The van der Waals surface area contributed by atoms with Crippen molar-refractivity contribution in [2.24, 2.45) is 0 Å².